The van der Waals surface area contributed by atoms with Gasteiger partial charge in [-0.05, 0) is 43.3 Å². The molecule has 0 fully saturated rings. The normalized spacial score (nSPS) is 12.9. The number of thiazole rings is 1. The van der Waals surface area contributed by atoms with Crippen LogP contribution in [0.1, 0.15) is 38.2 Å². The van der Waals surface area contributed by atoms with E-state index in [-0.39, 0.29) is 11.8 Å². The van der Waals surface area contributed by atoms with E-state index in [4.69, 9.17) is 4.74 Å². The van der Waals surface area contributed by atoms with Gasteiger partial charge < -0.3 is 9.64 Å². The minimum absolute atomic E-state index is 0.0182. The first kappa shape index (κ1) is 19.1. The van der Waals surface area contributed by atoms with E-state index >= 15 is 0 Å². The van der Waals surface area contributed by atoms with Gasteiger partial charge in [-0.25, -0.2) is 4.98 Å². The first-order valence-corrected chi connectivity index (χ1v) is 10.3. The summed E-state index contributed by atoms with van der Waals surface area (Å²) in [5.41, 5.74) is 2.18. The van der Waals surface area contributed by atoms with Crippen molar-refractivity contribution in [3.8, 4) is 5.75 Å². The summed E-state index contributed by atoms with van der Waals surface area (Å²) in [4.78, 5) is 32.6. The number of benzene rings is 2. The molecule has 0 saturated carbocycles. The number of carbonyl (C=O) groups excluding carboxylic acids is 2. The average Bonchev–Trinajstić information content (AvgIpc) is 3.16. The fourth-order valence-corrected chi connectivity index (χ4v) is 4.24. The molecule has 1 aromatic heterocycles. The van der Waals surface area contributed by atoms with E-state index in [0.29, 0.717) is 42.4 Å². The number of anilines is 1. The highest BCUT2D eigenvalue weighted by Gasteiger charge is 2.25. The van der Waals surface area contributed by atoms with E-state index < -0.39 is 0 Å². The molecule has 6 nitrogen and oxygen atoms in total. The number of aromatic nitrogens is 1. The number of nitrogens with one attached hydrogen (secondary N) is 1. The van der Waals surface area contributed by atoms with Gasteiger partial charge in [-0.2, -0.15) is 0 Å². The lowest BCUT2D eigenvalue weighted by Crippen LogP contribution is -2.35. The minimum atomic E-state index is -0.212. The monoisotopic (exact) mass is 407 g/mol. The molecule has 1 aliphatic rings. The summed E-state index contributed by atoms with van der Waals surface area (Å²) in [6.45, 7) is 3.63. The number of rotatable bonds is 5. The van der Waals surface area contributed by atoms with E-state index in [1.165, 1.54) is 11.3 Å². The Balaban J connectivity index is 1.43. The molecule has 2 aromatic carbocycles. The Morgan fingerprint density at radius 3 is 2.59 bits per heavy atom. The van der Waals surface area contributed by atoms with Gasteiger partial charge in [-0.1, -0.05) is 29.5 Å². The van der Waals surface area contributed by atoms with Crippen molar-refractivity contribution in [3.05, 3.63) is 76.3 Å². The summed E-state index contributed by atoms with van der Waals surface area (Å²) in [5.74, 6) is 0.540. The van der Waals surface area contributed by atoms with Gasteiger partial charge >= 0.3 is 0 Å². The maximum Gasteiger partial charge on any atom is 0.257 e. The lowest BCUT2D eigenvalue weighted by molar-refractivity contribution is 0.0736. The Labute approximate surface area is 173 Å². The molecule has 2 heterocycles. The van der Waals surface area contributed by atoms with Crippen LogP contribution in [0.2, 0.25) is 0 Å². The van der Waals surface area contributed by atoms with E-state index in [0.717, 1.165) is 16.3 Å². The molecule has 1 aliphatic heterocycles. The molecule has 0 saturated heterocycles. The summed E-state index contributed by atoms with van der Waals surface area (Å²) in [7, 11) is 0. The number of hydrogen-bond acceptors (Lipinski definition) is 5. The summed E-state index contributed by atoms with van der Waals surface area (Å²) < 4.78 is 5.40. The predicted octanol–water partition coefficient (Wildman–Crippen LogP) is 3.99. The summed E-state index contributed by atoms with van der Waals surface area (Å²) in [5, 5.41) is 3.43. The SMILES string of the molecule is CCOc1ccc(C(=O)Nc2nc3c(s2)CN(C(=O)c2ccccc2)CC3)cc1. The zero-order valence-corrected chi connectivity index (χ0v) is 16.9. The fourth-order valence-electron chi connectivity index (χ4n) is 3.22. The third kappa shape index (κ3) is 4.30. The smallest absolute Gasteiger partial charge is 0.257 e. The highest BCUT2D eigenvalue weighted by Crippen LogP contribution is 2.29. The molecule has 4 rings (SSSR count). The van der Waals surface area contributed by atoms with Crippen LogP contribution in [-0.4, -0.2) is 34.8 Å². The summed E-state index contributed by atoms with van der Waals surface area (Å²) in [6.07, 6.45) is 0.684. The molecular weight excluding hydrogens is 386 g/mol. The van der Waals surface area contributed by atoms with Crippen LogP contribution in [0.3, 0.4) is 0 Å². The average molecular weight is 407 g/mol. The molecule has 0 atom stereocenters. The van der Waals surface area contributed by atoms with Gasteiger partial charge in [-0.15, -0.1) is 0 Å². The van der Waals surface area contributed by atoms with E-state index in [1.54, 1.807) is 24.3 Å². The van der Waals surface area contributed by atoms with Crippen molar-refractivity contribution in [3.63, 3.8) is 0 Å². The van der Waals surface area contributed by atoms with Crippen LogP contribution in [0, 0.1) is 0 Å². The zero-order chi connectivity index (χ0) is 20.2. The standard InChI is InChI=1S/C22H21N3O3S/c1-2-28-17-10-8-15(9-11-17)20(26)24-22-23-18-12-13-25(14-19(18)29-22)21(27)16-6-4-3-5-7-16/h3-11H,2,12-14H2,1H3,(H,23,24,26). The van der Waals surface area contributed by atoms with E-state index in [1.807, 2.05) is 42.2 Å². The summed E-state index contributed by atoms with van der Waals surface area (Å²) in [6, 6.07) is 16.3. The van der Waals surface area contributed by atoms with Crippen molar-refractivity contribution in [2.45, 2.75) is 19.9 Å². The number of fused-ring (bicyclic) bond motifs is 1. The third-order valence-electron chi connectivity index (χ3n) is 4.69. The van der Waals surface area contributed by atoms with E-state index in [9.17, 15) is 9.59 Å². The molecule has 0 spiro atoms. The van der Waals surface area contributed by atoms with Crippen molar-refractivity contribution in [1.29, 1.82) is 0 Å². The third-order valence-corrected chi connectivity index (χ3v) is 5.68. The fraction of sp³-hybridized carbons (Fsp3) is 0.227. The van der Waals surface area contributed by atoms with Gasteiger partial charge in [0.25, 0.3) is 11.8 Å². The van der Waals surface area contributed by atoms with Crippen molar-refractivity contribution >= 4 is 28.3 Å². The largest absolute Gasteiger partial charge is 0.494 e. The van der Waals surface area contributed by atoms with Crippen LogP contribution >= 0.6 is 11.3 Å². The first-order chi connectivity index (χ1) is 14.1. The lowest BCUT2D eigenvalue weighted by atomic mass is 10.1. The van der Waals surface area contributed by atoms with Crippen LogP contribution in [0.4, 0.5) is 5.13 Å². The van der Waals surface area contributed by atoms with Gasteiger partial charge in [0.1, 0.15) is 5.75 Å². The number of hydrogen-bond donors (Lipinski definition) is 1. The zero-order valence-electron chi connectivity index (χ0n) is 16.1. The van der Waals surface area contributed by atoms with Gasteiger partial charge in [0, 0.05) is 29.0 Å². The Morgan fingerprint density at radius 2 is 1.86 bits per heavy atom. The van der Waals surface area contributed by atoms with Crippen LogP contribution in [0.15, 0.2) is 54.6 Å². The second kappa shape index (κ2) is 8.45. The molecule has 148 valence electrons. The Bertz CT molecular complexity index is 1020. The van der Waals surface area contributed by atoms with Crippen LogP contribution in [-0.2, 0) is 13.0 Å². The van der Waals surface area contributed by atoms with Crippen molar-refractivity contribution in [2.24, 2.45) is 0 Å². The number of ether oxygens (including phenoxy) is 1. The molecule has 0 bridgehead atoms. The van der Waals surface area contributed by atoms with Gasteiger partial charge in [-0.3, -0.25) is 14.9 Å². The first-order valence-electron chi connectivity index (χ1n) is 9.51. The van der Waals surface area contributed by atoms with Crippen LogP contribution in [0.5, 0.6) is 5.75 Å². The Hall–Kier alpha value is -3.19. The minimum Gasteiger partial charge on any atom is -0.494 e. The highest BCUT2D eigenvalue weighted by atomic mass is 32.1. The second-order valence-electron chi connectivity index (χ2n) is 6.64. The second-order valence-corrected chi connectivity index (χ2v) is 7.73. The molecule has 0 radical (unpaired) electrons. The maximum atomic E-state index is 12.7. The van der Waals surface area contributed by atoms with Crippen molar-refractivity contribution in [2.75, 3.05) is 18.5 Å². The van der Waals surface area contributed by atoms with Crippen molar-refractivity contribution < 1.29 is 14.3 Å². The van der Waals surface area contributed by atoms with Gasteiger partial charge in [0.05, 0.1) is 18.8 Å². The molecule has 2 amide bonds. The Morgan fingerprint density at radius 1 is 1.10 bits per heavy atom. The summed E-state index contributed by atoms with van der Waals surface area (Å²) >= 11 is 1.42. The number of nitrogens with zero attached hydrogens (tertiary/aromatic N) is 2. The van der Waals surface area contributed by atoms with Gasteiger partial charge in [0.15, 0.2) is 5.13 Å². The number of amides is 2. The molecule has 7 heteroatoms. The molecular formula is C22H21N3O3S. The van der Waals surface area contributed by atoms with Crippen molar-refractivity contribution in [1.82, 2.24) is 9.88 Å². The topological polar surface area (TPSA) is 71.5 Å². The Kier molecular flexibility index (Phi) is 5.57. The van der Waals surface area contributed by atoms with E-state index in [2.05, 4.69) is 10.3 Å². The maximum absolute atomic E-state index is 12.7. The number of carbonyl (C=O) groups is 2. The lowest BCUT2D eigenvalue weighted by Gasteiger charge is -2.26. The van der Waals surface area contributed by atoms with Crippen LogP contribution in [0.25, 0.3) is 0 Å². The molecule has 1 N–H and O–H groups in total. The highest BCUT2D eigenvalue weighted by molar-refractivity contribution is 7.15. The van der Waals surface area contributed by atoms with Crippen LogP contribution < -0.4 is 10.1 Å². The quantitative estimate of drug-likeness (QED) is 0.694. The van der Waals surface area contributed by atoms with Gasteiger partial charge in [0.2, 0.25) is 0 Å². The molecule has 0 unspecified atom stereocenters. The molecule has 29 heavy (non-hydrogen) atoms. The molecule has 0 aliphatic carbocycles. The predicted molar refractivity (Wildman–Crippen MR) is 113 cm³/mol. The molecule has 3 aromatic rings.